The lowest BCUT2D eigenvalue weighted by Gasteiger charge is -2.31. The second-order valence-corrected chi connectivity index (χ2v) is 7.71. The maximum Gasteiger partial charge on any atom is 0.329 e. The molecule has 130 valence electrons. The van der Waals surface area contributed by atoms with Gasteiger partial charge in [0.1, 0.15) is 11.6 Å². The number of amides is 2. The predicted octanol–water partition coefficient (Wildman–Crippen LogP) is 2.16. The van der Waals surface area contributed by atoms with Crippen molar-refractivity contribution in [3.63, 3.8) is 0 Å². The van der Waals surface area contributed by atoms with E-state index in [1.165, 1.54) is 11.8 Å². The molecule has 0 aromatic heterocycles. The van der Waals surface area contributed by atoms with Crippen molar-refractivity contribution in [2.24, 2.45) is 0 Å². The van der Waals surface area contributed by atoms with Crippen molar-refractivity contribution in [1.29, 1.82) is 0 Å². The molecule has 0 unspecified atom stereocenters. The maximum absolute atomic E-state index is 12.6. The average molecular weight is 436 g/mol. The highest BCUT2D eigenvalue weighted by Gasteiger charge is 2.43. The topological polar surface area (TPSA) is 75.7 Å². The molecule has 0 spiro atoms. The third kappa shape index (κ3) is 5.78. The van der Waals surface area contributed by atoms with Gasteiger partial charge in [-0.25, -0.2) is 4.79 Å². The number of esters is 1. The number of likely N-dealkylation sites (tertiary alicyclic amines) is 1. The van der Waals surface area contributed by atoms with Crippen molar-refractivity contribution in [3.8, 4) is 0 Å². The van der Waals surface area contributed by atoms with E-state index in [1.807, 2.05) is 0 Å². The van der Waals surface area contributed by atoms with Crippen molar-refractivity contribution >= 4 is 40.4 Å². The summed E-state index contributed by atoms with van der Waals surface area (Å²) in [4.78, 5) is 37.8. The first-order valence-electron chi connectivity index (χ1n) is 7.64. The van der Waals surface area contributed by atoms with Crippen LogP contribution in [0, 0.1) is 0 Å². The van der Waals surface area contributed by atoms with Gasteiger partial charge >= 0.3 is 5.97 Å². The molecular formula is C16H25IN2O4. The molecule has 1 heterocycles. The number of rotatable bonds is 5. The zero-order chi connectivity index (χ0) is 17.8. The van der Waals surface area contributed by atoms with E-state index in [-0.39, 0.29) is 17.6 Å². The summed E-state index contributed by atoms with van der Waals surface area (Å²) in [6.45, 7) is 10.3. The van der Waals surface area contributed by atoms with Gasteiger partial charge in [0, 0.05) is 17.4 Å². The fraction of sp³-hybridized carbons (Fsp3) is 0.688. The van der Waals surface area contributed by atoms with Gasteiger partial charge in [-0.3, -0.25) is 9.59 Å². The molecule has 0 aliphatic carbocycles. The highest BCUT2D eigenvalue weighted by molar-refractivity contribution is 14.1. The van der Waals surface area contributed by atoms with Gasteiger partial charge in [-0.1, -0.05) is 29.2 Å². The van der Waals surface area contributed by atoms with Crippen LogP contribution in [0.5, 0.6) is 0 Å². The van der Waals surface area contributed by atoms with Gasteiger partial charge < -0.3 is 15.0 Å². The van der Waals surface area contributed by atoms with E-state index in [9.17, 15) is 14.4 Å². The molecule has 7 heteroatoms. The van der Waals surface area contributed by atoms with E-state index in [0.717, 1.165) is 17.3 Å². The molecule has 2 atom stereocenters. The lowest BCUT2D eigenvalue weighted by molar-refractivity contribution is -0.163. The Kier molecular flexibility index (Phi) is 7.03. The first-order valence-corrected chi connectivity index (χ1v) is 9.17. The minimum atomic E-state index is -0.625. The Morgan fingerprint density at radius 3 is 2.39 bits per heavy atom. The Morgan fingerprint density at radius 2 is 1.91 bits per heavy atom. The zero-order valence-corrected chi connectivity index (χ0v) is 16.3. The van der Waals surface area contributed by atoms with Crippen molar-refractivity contribution in [1.82, 2.24) is 10.2 Å². The molecule has 0 radical (unpaired) electrons. The first kappa shape index (κ1) is 19.9. The number of halogens is 1. The Balaban J connectivity index is 2.97. The summed E-state index contributed by atoms with van der Waals surface area (Å²) >= 11 is 2.25. The Morgan fingerprint density at radius 1 is 1.30 bits per heavy atom. The lowest BCUT2D eigenvalue weighted by atomic mass is 10.1. The van der Waals surface area contributed by atoms with Gasteiger partial charge in [-0.05, 0) is 40.0 Å². The van der Waals surface area contributed by atoms with E-state index in [0.29, 0.717) is 6.42 Å². The average Bonchev–Trinajstić information content (AvgIpc) is 2.79. The van der Waals surface area contributed by atoms with E-state index in [4.69, 9.17) is 4.74 Å². The van der Waals surface area contributed by atoms with Crippen LogP contribution in [0.4, 0.5) is 0 Å². The number of ether oxygens (including phenoxy) is 1. The van der Waals surface area contributed by atoms with Crippen LogP contribution in [0.3, 0.4) is 0 Å². The highest BCUT2D eigenvalue weighted by atomic mass is 127. The summed E-state index contributed by atoms with van der Waals surface area (Å²) in [5, 5.41) is 2.41. The Labute approximate surface area is 151 Å². The number of carbonyl (C=O) groups excluding carboxylic acids is 3. The third-order valence-corrected chi connectivity index (χ3v) is 4.07. The van der Waals surface area contributed by atoms with Crippen LogP contribution >= 0.6 is 22.6 Å². The number of hydrogen-bond donors (Lipinski definition) is 1. The monoisotopic (exact) mass is 436 g/mol. The van der Waals surface area contributed by atoms with Gasteiger partial charge in [0.2, 0.25) is 5.91 Å². The van der Waals surface area contributed by atoms with Crippen molar-refractivity contribution in [2.75, 3.05) is 4.43 Å². The lowest BCUT2D eigenvalue weighted by Crippen LogP contribution is -2.49. The van der Waals surface area contributed by atoms with Gasteiger partial charge in [0.15, 0.2) is 0 Å². The van der Waals surface area contributed by atoms with Crippen LogP contribution in [-0.2, 0) is 19.1 Å². The maximum atomic E-state index is 12.6. The van der Waals surface area contributed by atoms with Crippen LogP contribution in [0.1, 0.15) is 47.0 Å². The van der Waals surface area contributed by atoms with Crippen LogP contribution in [0.15, 0.2) is 12.3 Å². The molecule has 6 nitrogen and oxygen atoms in total. The van der Waals surface area contributed by atoms with Crippen molar-refractivity contribution in [2.45, 2.75) is 64.6 Å². The molecule has 1 N–H and O–H groups in total. The molecule has 23 heavy (non-hydrogen) atoms. The molecule has 0 aromatic carbocycles. The van der Waals surface area contributed by atoms with Crippen molar-refractivity contribution < 1.29 is 19.1 Å². The number of nitrogens with zero attached hydrogens (tertiary/aromatic N) is 1. The molecule has 0 saturated carbocycles. The molecule has 1 aliphatic rings. The molecule has 0 bridgehead atoms. The SMILES string of the molecule is C=C(NC(C)=O)C(=O)N1[C@@H](CCI)CC[C@H]1C(=O)OC(C)(C)C. The Bertz CT molecular complexity index is 499. The summed E-state index contributed by atoms with van der Waals surface area (Å²) in [6.07, 6.45) is 2.10. The highest BCUT2D eigenvalue weighted by Crippen LogP contribution is 2.30. The van der Waals surface area contributed by atoms with E-state index >= 15 is 0 Å². The summed E-state index contributed by atoms with van der Waals surface area (Å²) in [7, 11) is 0. The van der Waals surface area contributed by atoms with E-state index in [2.05, 4.69) is 34.5 Å². The molecule has 1 aliphatic heterocycles. The minimum absolute atomic E-state index is 0.00795. The molecule has 1 saturated heterocycles. The zero-order valence-electron chi connectivity index (χ0n) is 14.1. The van der Waals surface area contributed by atoms with Gasteiger partial charge in [0.25, 0.3) is 5.91 Å². The largest absolute Gasteiger partial charge is 0.458 e. The smallest absolute Gasteiger partial charge is 0.329 e. The van der Waals surface area contributed by atoms with Crippen molar-refractivity contribution in [3.05, 3.63) is 12.3 Å². The summed E-state index contributed by atoms with van der Waals surface area (Å²) in [6, 6.07) is -0.664. The number of carbonyl (C=O) groups is 3. The van der Waals surface area contributed by atoms with Crippen LogP contribution in [-0.4, -0.2) is 44.8 Å². The van der Waals surface area contributed by atoms with Crippen LogP contribution in [0.2, 0.25) is 0 Å². The molecule has 1 rings (SSSR count). The van der Waals surface area contributed by atoms with Gasteiger partial charge in [-0.2, -0.15) is 0 Å². The first-order chi connectivity index (χ1) is 10.6. The fourth-order valence-corrected chi connectivity index (χ4v) is 3.34. The van der Waals surface area contributed by atoms with Crippen LogP contribution < -0.4 is 5.32 Å². The minimum Gasteiger partial charge on any atom is -0.458 e. The van der Waals surface area contributed by atoms with Gasteiger partial charge in [-0.15, -0.1) is 0 Å². The van der Waals surface area contributed by atoms with E-state index in [1.54, 1.807) is 20.8 Å². The molecular weight excluding hydrogens is 411 g/mol. The number of nitrogens with one attached hydrogen (secondary N) is 1. The second-order valence-electron chi connectivity index (χ2n) is 6.63. The summed E-state index contributed by atoms with van der Waals surface area (Å²) in [5.74, 6) is -1.18. The number of hydrogen-bond acceptors (Lipinski definition) is 4. The van der Waals surface area contributed by atoms with Gasteiger partial charge in [0.05, 0.1) is 5.70 Å². The predicted molar refractivity (Wildman–Crippen MR) is 96.0 cm³/mol. The van der Waals surface area contributed by atoms with Crippen LogP contribution in [0.25, 0.3) is 0 Å². The molecule has 1 fully saturated rings. The normalized spacial score (nSPS) is 21.0. The van der Waals surface area contributed by atoms with E-state index < -0.39 is 23.5 Å². The molecule has 0 aromatic rings. The standard InChI is InChI=1S/C16H25IN2O4/c1-10(18-11(2)20)14(21)19-12(8-9-17)6-7-13(19)15(22)23-16(3,4)5/h12-13H,1,6-9H2,2-5H3,(H,18,20)/t12-,13+/m1/s1. The fourth-order valence-electron chi connectivity index (χ4n) is 2.62. The molecule has 2 amide bonds. The number of alkyl halides is 1. The second kappa shape index (κ2) is 8.12. The summed E-state index contributed by atoms with van der Waals surface area (Å²) in [5.41, 5.74) is -0.617. The quantitative estimate of drug-likeness (QED) is 0.310. The summed E-state index contributed by atoms with van der Waals surface area (Å²) < 4.78 is 6.31. The Hall–Kier alpha value is -1.12. The third-order valence-electron chi connectivity index (χ3n) is 3.44.